The number of carbonyl (C=O) groups is 2. The molecule has 0 atom stereocenters. The first-order chi connectivity index (χ1) is 7.69. The molecule has 0 unspecified atom stereocenters. The Morgan fingerprint density at radius 2 is 1.25 bits per heavy atom. The topological polar surface area (TPSA) is 58.2 Å². The number of ketones is 2. The zero-order valence-corrected chi connectivity index (χ0v) is 11.7. The maximum atomic E-state index is 11.6. The van der Waals surface area contributed by atoms with Crippen LogP contribution in [0.15, 0.2) is 23.5 Å². The third-order valence-electron chi connectivity index (χ3n) is 1.90. The van der Waals surface area contributed by atoms with Gasteiger partial charge in [-0.3, -0.25) is 9.59 Å². The molecule has 6 heteroatoms. The molecule has 16 heavy (non-hydrogen) atoms. The molecule has 0 aromatic rings. The van der Waals surface area contributed by atoms with Crippen molar-refractivity contribution < 1.29 is 9.59 Å². The molecule has 0 heterocycles. The fourth-order valence-corrected chi connectivity index (χ4v) is 1.60. The quantitative estimate of drug-likeness (QED) is 0.551. The highest BCUT2D eigenvalue weighted by Crippen LogP contribution is 2.07. The molecule has 1 aliphatic rings. The van der Waals surface area contributed by atoms with Crippen molar-refractivity contribution in [3.63, 3.8) is 0 Å². The molecule has 1 aliphatic carbocycles. The Morgan fingerprint density at radius 1 is 0.875 bits per heavy atom. The van der Waals surface area contributed by atoms with Crippen molar-refractivity contribution in [2.45, 2.75) is 0 Å². The van der Waals surface area contributed by atoms with Crippen LogP contribution >= 0.6 is 31.9 Å². The second kappa shape index (κ2) is 6.85. The van der Waals surface area contributed by atoms with E-state index in [2.05, 4.69) is 42.5 Å². The number of alkyl halides is 2. The highest BCUT2D eigenvalue weighted by atomic mass is 79.9. The molecule has 0 aromatic heterocycles. The maximum absolute atomic E-state index is 11.6. The molecule has 88 valence electrons. The molecule has 0 saturated carbocycles. The number of allylic oxidation sites excluding steroid dienone is 2. The van der Waals surface area contributed by atoms with Crippen LogP contribution in [0.25, 0.3) is 0 Å². The molecule has 0 radical (unpaired) electrons. The second-order valence-electron chi connectivity index (χ2n) is 3.08. The summed E-state index contributed by atoms with van der Waals surface area (Å²) in [6, 6.07) is 0. The Kier molecular flexibility index (Phi) is 5.76. The van der Waals surface area contributed by atoms with Crippen LogP contribution in [-0.4, -0.2) is 35.3 Å². The molecule has 0 saturated heterocycles. The summed E-state index contributed by atoms with van der Waals surface area (Å²) in [6.45, 7) is 1.23. The molecule has 0 aliphatic heterocycles. The van der Waals surface area contributed by atoms with Gasteiger partial charge in [0.05, 0.1) is 11.4 Å². The van der Waals surface area contributed by atoms with Crippen molar-refractivity contribution >= 4 is 43.4 Å². The SMILES string of the molecule is O=C1C=C(NCCBr)C(=O)C=C1NCCBr. The Bertz CT molecular complexity index is 317. The predicted octanol–water partition coefficient (Wildman–Crippen LogP) is 0.875. The van der Waals surface area contributed by atoms with Crippen molar-refractivity contribution in [1.82, 2.24) is 10.6 Å². The van der Waals surface area contributed by atoms with Gasteiger partial charge in [-0.15, -0.1) is 0 Å². The lowest BCUT2D eigenvalue weighted by molar-refractivity contribution is -0.115. The first-order valence-corrected chi connectivity index (χ1v) is 7.05. The lowest BCUT2D eigenvalue weighted by atomic mass is 10.1. The highest BCUT2D eigenvalue weighted by Gasteiger charge is 2.19. The average molecular weight is 352 g/mol. The van der Waals surface area contributed by atoms with Crippen LogP contribution in [0.5, 0.6) is 0 Å². The lowest BCUT2D eigenvalue weighted by Crippen LogP contribution is -2.30. The molecule has 0 aromatic carbocycles. The van der Waals surface area contributed by atoms with Crippen molar-refractivity contribution in [3.8, 4) is 0 Å². The summed E-state index contributed by atoms with van der Waals surface area (Å²) in [5.41, 5.74) is 0.711. The van der Waals surface area contributed by atoms with Gasteiger partial charge >= 0.3 is 0 Å². The van der Waals surface area contributed by atoms with Gasteiger partial charge in [-0.2, -0.15) is 0 Å². The molecular formula is C10H12Br2N2O2. The van der Waals surface area contributed by atoms with Crippen molar-refractivity contribution in [2.75, 3.05) is 23.7 Å². The Balaban J connectivity index is 2.64. The van der Waals surface area contributed by atoms with Gasteiger partial charge in [0.1, 0.15) is 0 Å². The molecule has 4 nitrogen and oxygen atoms in total. The summed E-state index contributed by atoms with van der Waals surface area (Å²) in [5.74, 6) is -0.338. The minimum absolute atomic E-state index is 0.169. The first-order valence-electron chi connectivity index (χ1n) is 4.80. The average Bonchev–Trinajstić information content (AvgIpc) is 2.28. The number of hydrogen-bond donors (Lipinski definition) is 2. The van der Waals surface area contributed by atoms with Crippen LogP contribution in [0.1, 0.15) is 0 Å². The summed E-state index contributed by atoms with van der Waals surface area (Å²) < 4.78 is 0. The smallest absolute Gasteiger partial charge is 0.203 e. The van der Waals surface area contributed by atoms with Crippen molar-refractivity contribution in [3.05, 3.63) is 23.5 Å². The normalized spacial score (nSPS) is 15.6. The van der Waals surface area contributed by atoms with Gasteiger partial charge in [-0.05, 0) is 0 Å². The van der Waals surface area contributed by atoms with Gasteiger partial charge in [-0.25, -0.2) is 0 Å². The number of rotatable bonds is 6. The van der Waals surface area contributed by atoms with E-state index in [0.717, 1.165) is 10.7 Å². The third kappa shape index (κ3) is 3.75. The minimum Gasteiger partial charge on any atom is -0.381 e. The standard InChI is InChI=1S/C10H12Br2N2O2/c11-1-3-13-7-5-10(16)8(6-9(7)15)14-4-2-12/h5-6,13-14H,1-4H2. The zero-order chi connectivity index (χ0) is 12.0. The van der Waals surface area contributed by atoms with Crippen LogP contribution in [-0.2, 0) is 9.59 Å². The predicted molar refractivity (Wildman–Crippen MR) is 69.8 cm³/mol. The molecule has 2 N–H and O–H groups in total. The first kappa shape index (κ1) is 13.4. The van der Waals surface area contributed by atoms with Crippen LogP contribution in [0.4, 0.5) is 0 Å². The van der Waals surface area contributed by atoms with E-state index in [1.54, 1.807) is 0 Å². The fourth-order valence-electron chi connectivity index (χ4n) is 1.20. The zero-order valence-electron chi connectivity index (χ0n) is 8.56. The third-order valence-corrected chi connectivity index (χ3v) is 2.69. The van der Waals surface area contributed by atoms with E-state index in [4.69, 9.17) is 0 Å². The fraction of sp³-hybridized carbons (Fsp3) is 0.400. The minimum atomic E-state index is -0.169. The molecular weight excluding hydrogens is 340 g/mol. The van der Waals surface area contributed by atoms with E-state index in [0.29, 0.717) is 24.5 Å². The van der Waals surface area contributed by atoms with Crippen LogP contribution in [0, 0.1) is 0 Å². The lowest BCUT2D eigenvalue weighted by Gasteiger charge is -2.14. The van der Waals surface area contributed by atoms with Gasteiger partial charge in [0.15, 0.2) is 0 Å². The molecule has 0 bridgehead atoms. The highest BCUT2D eigenvalue weighted by molar-refractivity contribution is 9.09. The molecule has 0 fully saturated rings. The van der Waals surface area contributed by atoms with Crippen LogP contribution in [0.3, 0.4) is 0 Å². The van der Waals surface area contributed by atoms with E-state index in [1.807, 2.05) is 0 Å². The number of nitrogens with one attached hydrogen (secondary N) is 2. The number of halogens is 2. The van der Waals surface area contributed by atoms with E-state index < -0.39 is 0 Å². The van der Waals surface area contributed by atoms with E-state index >= 15 is 0 Å². The Morgan fingerprint density at radius 3 is 1.56 bits per heavy atom. The monoisotopic (exact) mass is 350 g/mol. The molecule has 1 rings (SSSR count). The van der Waals surface area contributed by atoms with E-state index in [-0.39, 0.29) is 11.6 Å². The summed E-state index contributed by atoms with van der Waals surface area (Å²) in [4.78, 5) is 23.2. The van der Waals surface area contributed by atoms with E-state index in [1.165, 1.54) is 12.2 Å². The van der Waals surface area contributed by atoms with Crippen molar-refractivity contribution in [2.24, 2.45) is 0 Å². The van der Waals surface area contributed by atoms with Gasteiger partial charge in [-0.1, -0.05) is 31.9 Å². The molecule has 0 spiro atoms. The number of carbonyl (C=O) groups excluding carboxylic acids is 2. The second-order valence-corrected chi connectivity index (χ2v) is 4.66. The number of hydrogen-bond acceptors (Lipinski definition) is 4. The van der Waals surface area contributed by atoms with E-state index in [9.17, 15) is 9.59 Å². The van der Waals surface area contributed by atoms with Crippen LogP contribution < -0.4 is 10.6 Å². The van der Waals surface area contributed by atoms with Crippen molar-refractivity contribution in [1.29, 1.82) is 0 Å². The summed E-state index contributed by atoms with van der Waals surface area (Å²) in [6.07, 6.45) is 2.67. The van der Waals surface area contributed by atoms with Gasteiger partial charge < -0.3 is 10.6 Å². The Hall–Kier alpha value is -0.620. The Labute approximate surface area is 111 Å². The summed E-state index contributed by atoms with van der Waals surface area (Å²) in [5, 5.41) is 7.23. The summed E-state index contributed by atoms with van der Waals surface area (Å²) in [7, 11) is 0. The summed E-state index contributed by atoms with van der Waals surface area (Å²) >= 11 is 6.48. The van der Waals surface area contributed by atoms with Gasteiger partial charge in [0.2, 0.25) is 11.6 Å². The van der Waals surface area contributed by atoms with Gasteiger partial charge in [0.25, 0.3) is 0 Å². The largest absolute Gasteiger partial charge is 0.381 e. The van der Waals surface area contributed by atoms with Gasteiger partial charge in [0, 0.05) is 35.9 Å². The molecule has 0 amide bonds. The maximum Gasteiger partial charge on any atom is 0.203 e. The van der Waals surface area contributed by atoms with Crippen LogP contribution in [0.2, 0.25) is 0 Å².